The number of rotatable bonds is 3. The van der Waals surface area contributed by atoms with Crippen molar-refractivity contribution in [2.75, 3.05) is 5.88 Å². The van der Waals surface area contributed by atoms with Gasteiger partial charge in [-0.05, 0) is 42.6 Å². The van der Waals surface area contributed by atoms with Crippen LogP contribution in [0.25, 0.3) is 0 Å². The summed E-state index contributed by atoms with van der Waals surface area (Å²) in [7, 11) is 0. The lowest BCUT2D eigenvalue weighted by atomic mass is 9.85. The van der Waals surface area contributed by atoms with Gasteiger partial charge in [0.1, 0.15) is 0 Å². The predicted molar refractivity (Wildman–Crippen MR) is 60.8 cm³/mol. The van der Waals surface area contributed by atoms with Crippen LogP contribution in [-0.4, -0.2) is 11.7 Å². The van der Waals surface area contributed by atoms with E-state index in [4.69, 9.17) is 11.6 Å². The van der Waals surface area contributed by atoms with Gasteiger partial charge in [0.2, 0.25) is 0 Å². The molecule has 3 rings (SSSR count). The van der Waals surface area contributed by atoms with Crippen molar-refractivity contribution in [1.82, 2.24) is 0 Å². The molecule has 0 amide bonds. The zero-order chi connectivity index (χ0) is 10.4. The van der Waals surface area contributed by atoms with Gasteiger partial charge in [0, 0.05) is 11.8 Å². The molecule has 0 heterocycles. The average Bonchev–Trinajstić information content (AvgIpc) is 2.88. The van der Waals surface area contributed by atoms with Crippen LogP contribution in [-0.2, 0) is 4.79 Å². The molecule has 3 aliphatic carbocycles. The lowest BCUT2D eigenvalue weighted by molar-refractivity contribution is -0.119. The molecule has 1 fully saturated rings. The standard InChI is InChI=1S/C13H15ClO/c14-5-1-2-10-7-11-8-3-4-9(6-8)12(11)13(10)15/h3-4,7-9,11-12H,1-2,5-6H2. The first kappa shape index (κ1) is 9.65. The van der Waals surface area contributed by atoms with Crippen molar-refractivity contribution in [3.63, 3.8) is 0 Å². The molecule has 0 aromatic heterocycles. The van der Waals surface area contributed by atoms with Crippen LogP contribution in [0.4, 0.5) is 0 Å². The van der Waals surface area contributed by atoms with E-state index in [1.165, 1.54) is 6.42 Å². The van der Waals surface area contributed by atoms with Gasteiger partial charge in [0.25, 0.3) is 0 Å². The Hall–Kier alpha value is -0.560. The highest BCUT2D eigenvalue weighted by Crippen LogP contribution is 2.53. The number of fused-ring (bicyclic) bond motifs is 5. The zero-order valence-electron chi connectivity index (χ0n) is 8.66. The maximum atomic E-state index is 12.1. The highest BCUT2D eigenvalue weighted by Gasteiger charge is 2.50. The first-order valence-corrected chi connectivity index (χ1v) is 6.34. The first-order valence-electron chi connectivity index (χ1n) is 5.80. The molecule has 15 heavy (non-hydrogen) atoms. The third-order valence-corrected chi connectivity index (χ3v) is 4.38. The van der Waals surface area contributed by atoms with Crippen molar-refractivity contribution in [2.24, 2.45) is 23.7 Å². The summed E-state index contributed by atoms with van der Waals surface area (Å²) in [6.07, 6.45) is 9.83. The number of halogens is 1. The van der Waals surface area contributed by atoms with Crippen molar-refractivity contribution in [2.45, 2.75) is 19.3 Å². The largest absolute Gasteiger partial charge is 0.294 e. The minimum Gasteiger partial charge on any atom is -0.294 e. The van der Waals surface area contributed by atoms with E-state index in [0.29, 0.717) is 35.3 Å². The zero-order valence-corrected chi connectivity index (χ0v) is 9.41. The van der Waals surface area contributed by atoms with Crippen LogP contribution < -0.4 is 0 Å². The van der Waals surface area contributed by atoms with Crippen molar-refractivity contribution in [3.05, 3.63) is 23.8 Å². The van der Waals surface area contributed by atoms with E-state index in [9.17, 15) is 4.79 Å². The third kappa shape index (κ3) is 1.32. The van der Waals surface area contributed by atoms with Crippen molar-refractivity contribution in [1.29, 1.82) is 0 Å². The van der Waals surface area contributed by atoms with Crippen LogP contribution >= 0.6 is 11.6 Å². The Morgan fingerprint density at radius 2 is 2.13 bits per heavy atom. The summed E-state index contributed by atoms with van der Waals surface area (Å²) < 4.78 is 0. The Kier molecular flexibility index (Phi) is 2.24. The smallest absolute Gasteiger partial charge is 0.162 e. The molecule has 4 unspecified atom stereocenters. The van der Waals surface area contributed by atoms with Crippen molar-refractivity contribution < 1.29 is 4.79 Å². The number of hydrogen-bond donors (Lipinski definition) is 0. The Morgan fingerprint density at radius 3 is 2.87 bits per heavy atom. The molecule has 0 saturated heterocycles. The summed E-state index contributed by atoms with van der Waals surface area (Å²) in [5.41, 5.74) is 1.06. The molecule has 0 aliphatic heterocycles. The lowest BCUT2D eigenvalue weighted by Gasteiger charge is -2.17. The Morgan fingerprint density at radius 1 is 1.33 bits per heavy atom. The Bertz CT molecular complexity index is 356. The molecule has 1 saturated carbocycles. The quantitative estimate of drug-likeness (QED) is 0.530. The van der Waals surface area contributed by atoms with Gasteiger partial charge in [0.05, 0.1) is 0 Å². The average molecular weight is 223 g/mol. The fourth-order valence-corrected chi connectivity index (χ4v) is 3.58. The summed E-state index contributed by atoms with van der Waals surface area (Å²) in [6, 6.07) is 0. The molecular formula is C13H15ClO. The molecule has 0 N–H and O–H groups in total. The minimum absolute atomic E-state index is 0.297. The van der Waals surface area contributed by atoms with Gasteiger partial charge in [-0.15, -0.1) is 11.6 Å². The number of hydrogen-bond acceptors (Lipinski definition) is 1. The van der Waals surface area contributed by atoms with Gasteiger partial charge in [-0.1, -0.05) is 18.2 Å². The summed E-state index contributed by atoms with van der Waals surface area (Å²) in [4.78, 5) is 12.1. The molecule has 2 heteroatoms. The topological polar surface area (TPSA) is 17.1 Å². The second kappa shape index (κ2) is 3.48. The normalized spacial score (nSPS) is 41.1. The van der Waals surface area contributed by atoms with Crippen LogP contribution in [0, 0.1) is 23.7 Å². The van der Waals surface area contributed by atoms with Gasteiger partial charge in [-0.25, -0.2) is 0 Å². The van der Waals surface area contributed by atoms with Gasteiger partial charge in [0.15, 0.2) is 5.78 Å². The summed E-state index contributed by atoms with van der Waals surface area (Å²) >= 11 is 5.67. The van der Waals surface area contributed by atoms with E-state index in [-0.39, 0.29) is 0 Å². The fraction of sp³-hybridized carbons (Fsp3) is 0.615. The molecule has 2 bridgehead atoms. The highest BCUT2D eigenvalue weighted by molar-refractivity contribution is 6.17. The Balaban J connectivity index is 1.80. The monoisotopic (exact) mass is 222 g/mol. The predicted octanol–water partition coefficient (Wildman–Crippen LogP) is 2.95. The van der Waals surface area contributed by atoms with Gasteiger partial charge in [-0.2, -0.15) is 0 Å². The molecule has 3 aliphatic rings. The SMILES string of the molecule is O=C1C(CCCCl)=CC2C3C=CC(C3)C12. The summed E-state index contributed by atoms with van der Waals surface area (Å²) in [5.74, 6) is 3.09. The molecule has 1 nitrogen and oxygen atoms in total. The van der Waals surface area contributed by atoms with Crippen LogP contribution in [0.15, 0.2) is 23.8 Å². The summed E-state index contributed by atoms with van der Waals surface area (Å²) in [6.45, 7) is 0. The molecule has 80 valence electrons. The molecule has 4 atom stereocenters. The van der Waals surface area contributed by atoms with Crippen LogP contribution in [0.2, 0.25) is 0 Å². The van der Waals surface area contributed by atoms with Gasteiger partial charge in [-0.3, -0.25) is 4.79 Å². The maximum Gasteiger partial charge on any atom is 0.162 e. The van der Waals surface area contributed by atoms with Crippen molar-refractivity contribution >= 4 is 17.4 Å². The minimum atomic E-state index is 0.297. The van der Waals surface area contributed by atoms with Gasteiger partial charge >= 0.3 is 0 Å². The number of carbonyl (C=O) groups is 1. The Labute approximate surface area is 95.2 Å². The van der Waals surface area contributed by atoms with E-state index in [0.717, 1.165) is 18.4 Å². The third-order valence-electron chi connectivity index (χ3n) is 4.11. The number of Topliss-reactive ketones (excluding diaryl/α,β-unsaturated/α-hetero) is 1. The van der Waals surface area contributed by atoms with Crippen molar-refractivity contribution in [3.8, 4) is 0 Å². The van der Waals surface area contributed by atoms with E-state index in [1.54, 1.807) is 0 Å². The van der Waals surface area contributed by atoms with Crippen LogP contribution in [0.3, 0.4) is 0 Å². The summed E-state index contributed by atoms with van der Waals surface area (Å²) in [5, 5.41) is 0. The number of allylic oxidation sites excluding steroid dienone is 4. The maximum absolute atomic E-state index is 12.1. The highest BCUT2D eigenvalue weighted by atomic mass is 35.5. The second-order valence-electron chi connectivity index (χ2n) is 4.90. The molecule has 0 spiro atoms. The molecule has 0 aromatic rings. The first-order chi connectivity index (χ1) is 7.31. The van der Waals surface area contributed by atoms with Crippen LogP contribution in [0.1, 0.15) is 19.3 Å². The number of carbonyl (C=O) groups excluding carboxylic acids is 1. The van der Waals surface area contributed by atoms with Gasteiger partial charge < -0.3 is 0 Å². The molecule has 0 aromatic carbocycles. The molecule has 0 radical (unpaired) electrons. The van der Waals surface area contributed by atoms with E-state index >= 15 is 0 Å². The van der Waals surface area contributed by atoms with E-state index in [2.05, 4.69) is 18.2 Å². The van der Waals surface area contributed by atoms with E-state index < -0.39 is 0 Å². The number of ketones is 1. The second-order valence-corrected chi connectivity index (χ2v) is 5.28. The van der Waals surface area contributed by atoms with E-state index in [1.807, 2.05) is 0 Å². The van der Waals surface area contributed by atoms with Crippen LogP contribution in [0.5, 0.6) is 0 Å². The number of alkyl halides is 1. The lowest BCUT2D eigenvalue weighted by Crippen LogP contribution is -2.21. The molecular weight excluding hydrogens is 208 g/mol. The fourth-order valence-electron chi connectivity index (χ4n) is 3.45.